The molecule has 0 spiro atoms. The van der Waals surface area contributed by atoms with Crippen molar-refractivity contribution in [2.45, 2.75) is 6.54 Å². The quantitative estimate of drug-likeness (QED) is 0.728. The molecule has 0 aliphatic carbocycles. The molecule has 1 aliphatic rings. The number of fused-ring (bicyclic) bond motifs is 1. The first-order valence-electron chi connectivity index (χ1n) is 7.10. The summed E-state index contributed by atoms with van der Waals surface area (Å²) in [5, 5.41) is 4.71. The van der Waals surface area contributed by atoms with Gasteiger partial charge in [0, 0.05) is 29.7 Å². The molecule has 0 unspecified atom stereocenters. The maximum Gasteiger partial charge on any atom is 0.123 e. The van der Waals surface area contributed by atoms with Crippen LogP contribution in [0.4, 0.5) is 4.39 Å². The molecule has 4 rings (SSSR count). The van der Waals surface area contributed by atoms with Crippen LogP contribution >= 0.6 is 0 Å². The van der Waals surface area contributed by atoms with E-state index in [1.165, 1.54) is 12.1 Å². The van der Waals surface area contributed by atoms with Crippen molar-refractivity contribution in [1.82, 2.24) is 14.8 Å². The minimum atomic E-state index is -0.250. The Hall–Kier alpha value is -2.82. The van der Waals surface area contributed by atoms with Gasteiger partial charge in [-0.15, -0.1) is 0 Å². The number of benzene rings is 1. The highest BCUT2D eigenvalue weighted by molar-refractivity contribution is 5.95. The van der Waals surface area contributed by atoms with E-state index in [2.05, 4.69) is 9.98 Å². The van der Waals surface area contributed by atoms with Crippen LogP contribution in [0.25, 0.3) is 22.4 Å². The summed E-state index contributed by atoms with van der Waals surface area (Å²) in [7, 11) is 0. The van der Waals surface area contributed by atoms with Crippen LogP contribution in [0.15, 0.2) is 53.8 Å². The number of pyridine rings is 1. The Bertz CT molecular complexity index is 835. The van der Waals surface area contributed by atoms with E-state index >= 15 is 0 Å². The Morgan fingerprint density at radius 2 is 1.73 bits per heavy atom. The summed E-state index contributed by atoms with van der Waals surface area (Å²) >= 11 is 0. The van der Waals surface area contributed by atoms with Crippen molar-refractivity contribution in [3.63, 3.8) is 0 Å². The van der Waals surface area contributed by atoms with Crippen LogP contribution in [-0.2, 0) is 6.54 Å². The van der Waals surface area contributed by atoms with Crippen molar-refractivity contribution in [2.75, 3.05) is 6.54 Å². The molecule has 4 nitrogen and oxygen atoms in total. The molecule has 2 aromatic heterocycles. The third-order valence-corrected chi connectivity index (χ3v) is 3.73. The molecule has 0 amide bonds. The van der Waals surface area contributed by atoms with E-state index in [4.69, 9.17) is 5.10 Å². The van der Waals surface area contributed by atoms with Gasteiger partial charge in [-0.2, -0.15) is 5.10 Å². The topological polar surface area (TPSA) is 43.1 Å². The van der Waals surface area contributed by atoms with E-state index in [-0.39, 0.29) is 5.82 Å². The SMILES string of the molecule is Fc1ccc(-c2nn3c(c2-c2ccncc2)C=NCC3)cc1. The van der Waals surface area contributed by atoms with Crippen molar-refractivity contribution >= 4 is 6.21 Å². The van der Waals surface area contributed by atoms with Gasteiger partial charge in [0.15, 0.2) is 0 Å². The monoisotopic (exact) mass is 292 g/mol. The number of hydrogen-bond acceptors (Lipinski definition) is 3. The number of nitrogens with zero attached hydrogens (tertiary/aromatic N) is 4. The Morgan fingerprint density at radius 1 is 0.955 bits per heavy atom. The largest absolute Gasteiger partial charge is 0.289 e. The van der Waals surface area contributed by atoms with E-state index in [0.29, 0.717) is 0 Å². The van der Waals surface area contributed by atoms with Gasteiger partial charge in [0.1, 0.15) is 11.5 Å². The number of aliphatic imine (C=N–C) groups is 1. The Labute approximate surface area is 127 Å². The summed E-state index contributed by atoms with van der Waals surface area (Å²) in [6.45, 7) is 1.48. The van der Waals surface area contributed by atoms with Crippen LogP contribution < -0.4 is 0 Å². The van der Waals surface area contributed by atoms with Crippen molar-refractivity contribution in [3.05, 3.63) is 60.3 Å². The molecule has 0 radical (unpaired) electrons. The van der Waals surface area contributed by atoms with Gasteiger partial charge in [0.2, 0.25) is 0 Å². The highest BCUT2D eigenvalue weighted by Crippen LogP contribution is 2.34. The van der Waals surface area contributed by atoms with Gasteiger partial charge in [-0.25, -0.2) is 4.39 Å². The zero-order valence-electron chi connectivity index (χ0n) is 11.8. The van der Waals surface area contributed by atoms with E-state index in [1.54, 1.807) is 24.5 Å². The number of aromatic nitrogens is 3. The van der Waals surface area contributed by atoms with Crippen LogP contribution in [0.2, 0.25) is 0 Å². The van der Waals surface area contributed by atoms with Crippen molar-refractivity contribution < 1.29 is 4.39 Å². The van der Waals surface area contributed by atoms with Crippen molar-refractivity contribution in [1.29, 1.82) is 0 Å². The average Bonchev–Trinajstić information content (AvgIpc) is 2.96. The Kier molecular flexibility index (Phi) is 3.04. The summed E-state index contributed by atoms with van der Waals surface area (Å²) in [5.41, 5.74) is 4.76. The van der Waals surface area contributed by atoms with Gasteiger partial charge in [-0.1, -0.05) is 0 Å². The molecule has 0 saturated heterocycles. The number of halogens is 1. The van der Waals surface area contributed by atoms with Crippen molar-refractivity contribution in [3.8, 4) is 22.4 Å². The molecule has 0 atom stereocenters. The molecular weight excluding hydrogens is 279 g/mol. The van der Waals surface area contributed by atoms with Crippen LogP contribution in [0.1, 0.15) is 5.69 Å². The lowest BCUT2D eigenvalue weighted by Crippen LogP contribution is -2.12. The second kappa shape index (κ2) is 5.18. The summed E-state index contributed by atoms with van der Waals surface area (Å²) in [6.07, 6.45) is 5.38. The first kappa shape index (κ1) is 12.9. The minimum Gasteiger partial charge on any atom is -0.289 e. The number of rotatable bonds is 2. The predicted molar refractivity (Wildman–Crippen MR) is 83.3 cm³/mol. The first-order valence-corrected chi connectivity index (χ1v) is 7.10. The zero-order chi connectivity index (χ0) is 14.9. The molecule has 5 heteroatoms. The molecule has 0 fully saturated rings. The van der Waals surface area contributed by atoms with Gasteiger partial charge in [0.25, 0.3) is 0 Å². The fourth-order valence-electron chi connectivity index (χ4n) is 2.69. The van der Waals surface area contributed by atoms with E-state index in [0.717, 1.165) is 41.2 Å². The normalized spacial score (nSPS) is 13.1. The molecule has 22 heavy (non-hydrogen) atoms. The average molecular weight is 292 g/mol. The Balaban J connectivity index is 1.97. The second-order valence-corrected chi connectivity index (χ2v) is 5.11. The van der Waals surface area contributed by atoms with Crippen molar-refractivity contribution in [2.24, 2.45) is 4.99 Å². The molecule has 1 aliphatic heterocycles. The number of hydrogen-bond donors (Lipinski definition) is 0. The summed E-state index contributed by atoms with van der Waals surface area (Å²) in [6, 6.07) is 10.3. The first-order chi connectivity index (χ1) is 10.8. The van der Waals surface area contributed by atoms with Gasteiger partial charge in [0.05, 0.1) is 18.8 Å². The third kappa shape index (κ3) is 2.11. The van der Waals surface area contributed by atoms with Crippen LogP contribution in [0.3, 0.4) is 0 Å². The molecule has 0 saturated carbocycles. The lowest BCUT2D eigenvalue weighted by Gasteiger charge is -2.08. The molecule has 0 bridgehead atoms. The Morgan fingerprint density at radius 3 is 2.50 bits per heavy atom. The molecular formula is C17H13FN4. The van der Waals surface area contributed by atoms with Gasteiger partial charge in [-0.05, 0) is 42.0 Å². The van der Waals surface area contributed by atoms with E-state index < -0.39 is 0 Å². The van der Waals surface area contributed by atoms with Crippen LogP contribution in [0.5, 0.6) is 0 Å². The summed E-state index contributed by atoms with van der Waals surface area (Å²) < 4.78 is 15.2. The highest BCUT2D eigenvalue weighted by atomic mass is 19.1. The maximum atomic E-state index is 13.2. The molecule has 1 aromatic carbocycles. The molecule has 108 valence electrons. The zero-order valence-corrected chi connectivity index (χ0v) is 11.8. The summed E-state index contributed by atoms with van der Waals surface area (Å²) in [4.78, 5) is 8.44. The van der Waals surface area contributed by atoms with Gasteiger partial charge < -0.3 is 0 Å². The fraction of sp³-hybridized carbons (Fsp3) is 0.118. The van der Waals surface area contributed by atoms with Crippen LogP contribution in [0, 0.1) is 5.82 Å². The summed E-state index contributed by atoms with van der Waals surface area (Å²) in [5.74, 6) is -0.250. The predicted octanol–water partition coefficient (Wildman–Crippen LogP) is 3.18. The molecule has 3 aromatic rings. The lowest BCUT2D eigenvalue weighted by molar-refractivity contribution is 0.612. The second-order valence-electron chi connectivity index (χ2n) is 5.11. The maximum absolute atomic E-state index is 13.2. The molecule has 3 heterocycles. The smallest absolute Gasteiger partial charge is 0.123 e. The van der Waals surface area contributed by atoms with Gasteiger partial charge >= 0.3 is 0 Å². The standard InChI is InChI=1S/C17H13FN4/c18-14-3-1-13(2-4-14)17-16(12-5-7-19-8-6-12)15-11-20-9-10-22(15)21-17/h1-8,11H,9-10H2. The minimum absolute atomic E-state index is 0.250. The fourth-order valence-corrected chi connectivity index (χ4v) is 2.69. The van der Waals surface area contributed by atoms with E-state index in [1.807, 2.05) is 23.0 Å². The highest BCUT2D eigenvalue weighted by Gasteiger charge is 2.20. The lowest BCUT2D eigenvalue weighted by atomic mass is 10.00. The van der Waals surface area contributed by atoms with Crippen LogP contribution in [-0.4, -0.2) is 27.5 Å². The van der Waals surface area contributed by atoms with E-state index in [9.17, 15) is 4.39 Å². The van der Waals surface area contributed by atoms with Gasteiger partial charge in [-0.3, -0.25) is 14.7 Å². The molecule has 0 N–H and O–H groups in total. The third-order valence-electron chi connectivity index (χ3n) is 3.73.